The van der Waals surface area contributed by atoms with E-state index in [1.165, 1.54) is 0 Å². The van der Waals surface area contributed by atoms with E-state index in [9.17, 15) is 9.59 Å². The van der Waals surface area contributed by atoms with E-state index in [2.05, 4.69) is 20.6 Å². The first-order valence-electron chi connectivity index (χ1n) is 6.18. The molecule has 7 nitrogen and oxygen atoms in total. The molecule has 0 radical (unpaired) electrons. The molecular weight excluding hydrogens is 246 g/mol. The predicted molar refractivity (Wildman–Crippen MR) is 71.1 cm³/mol. The van der Waals surface area contributed by atoms with Gasteiger partial charge in [0, 0.05) is 19.0 Å². The lowest BCUT2D eigenvalue weighted by Gasteiger charge is -2.28. The van der Waals surface area contributed by atoms with Crippen molar-refractivity contribution in [2.24, 2.45) is 0 Å². The van der Waals surface area contributed by atoms with Gasteiger partial charge in [0.1, 0.15) is 17.5 Å². The van der Waals surface area contributed by atoms with E-state index in [1.807, 2.05) is 13.8 Å². The van der Waals surface area contributed by atoms with Gasteiger partial charge in [-0.05, 0) is 6.92 Å². The number of hydrogen-bond acceptors (Lipinski definition) is 6. The van der Waals surface area contributed by atoms with Crippen molar-refractivity contribution >= 4 is 23.5 Å². The van der Waals surface area contributed by atoms with Gasteiger partial charge in [-0.25, -0.2) is 9.97 Å². The van der Waals surface area contributed by atoms with Crippen LogP contribution in [-0.2, 0) is 16.0 Å². The summed E-state index contributed by atoms with van der Waals surface area (Å²) in [6, 6.07) is 0. The predicted octanol–water partition coefficient (Wildman–Crippen LogP) is -0.148. The molecule has 1 aliphatic heterocycles. The van der Waals surface area contributed by atoms with Crippen molar-refractivity contribution < 1.29 is 9.59 Å². The second-order valence-electron chi connectivity index (χ2n) is 4.37. The molecule has 0 unspecified atom stereocenters. The molecule has 2 heterocycles. The van der Waals surface area contributed by atoms with Gasteiger partial charge in [0.05, 0.1) is 13.1 Å². The first-order chi connectivity index (χ1) is 9.05. The van der Waals surface area contributed by atoms with Crippen LogP contribution in [0.15, 0.2) is 0 Å². The Kier molecular flexibility index (Phi) is 3.64. The maximum atomic E-state index is 11.4. The number of aromatic nitrogens is 2. The number of rotatable bonds is 3. The van der Waals surface area contributed by atoms with Crippen molar-refractivity contribution in [1.29, 1.82) is 0 Å². The van der Waals surface area contributed by atoms with Gasteiger partial charge in [0.25, 0.3) is 0 Å². The van der Waals surface area contributed by atoms with Crippen molar-refractivity contribution in [3.63, 3.8) is 0 Å². The average Bonchev–Trinajstić information content (AvgIpc) is 2.37. The van der Waals surface area contributed by atoms with Crippen molar-refractivity contribution in [2.75, 3.05) is 30.4 Å². The van der Waals surface area contributed by atoms with Gasteiger partial charge in [0.15, 0.2) is 0 Å². The molecule has 0 spiro atoms. The minimum absolute atomic E-state index is 0.135. The van der Waals surface area contributed by atoms with Crippen LogP contribution in [-0.4, -0.2) is 41.9 Å². The summed E-state index contributed by atoms with van der Waals surface area (Å²) >= 11 is 0. The molecule has 0 aromatic carbocycles. The second-order valence-corrected chi connectivity index (χ2v) is 4.37. The quantitative estimate of drug-likeness (QED) is 0.738. The van der Waals surface area contributed by atoms with Gasteiger partial charge in [-0.2, -0.15) is 0 Å². The summed E-state index contributed by atoms with van der Waals surface area (Å²) in [6.07, 6.45) is 0.690. The molecule has 0 aliphatic carbocycles. The number of hydrogen-bond donors (Lipinski definition) is 2. The Morgan fingerprint density at radius 2 is 1.89 bits per heavy atom. The Balaban J connectivity index is 2.42. The smallest absolute Gasteiger partial charge is 0.246 e. The number of anilines is 2. The van der Waals surface area contributed by atoms with E-state index in [1.54, 1.807) is 11.9 Å². The number of carbonyl (C=O) groups excluding carboxylic acids is 2. The summed E-state index contributed by atoms with van der Waals surface area (Å²) in [5.74, 6) is 1.43. The summed E-state index contributed by atoms with van der Waals surface area (Å²) in [7, 11) is 1.78. The van der Waals surface area contributed by atoms with Crippen LogP contribution in [0.25, 0.3) is 0 Å². The largest absolute Gasteiger partial charge is 0.373 e. The average molecular weight is 263 g/mol. The van der Waals surface area contributed by atoms with Gasteiger partial charge < -0.3 is 10.2 Å². The molecule has 2 amide bonds. The lowest BCUT2D eigenvalue weighted by Crippen LogP contribution is -2.52. The van der Waals surface area contributed by atoms with Crippen molar-refractivity contribution in [3.8, 4) is 0 Å². The number of aryl methyl sites for hydroxylation is 1. The Labute approximate surface area is 111 Å². The fourth-order valence-corrected chi connectivity index (χ4v) is 2.05. The zero-order valence-electron chi connectivity index (χ0n) is 11.3. The van der Waals surface area contributed by atoms with E-state index in [0.717, 1.165) is 11.4 Å². The number of imide groups is 1. The Morgan fingerprint density at radius 1 is 1.26 bits per heavy atom. The van der Waals surface area contributed by atoms with Crippen LogP contribution in [0.4, 0.5) is 11.6 Å². The lowest BCUT2D eigenvalue weighted by molar-refractivity contribution is -0.130. The fourth-order valence-electron chi connectivity index (χ4n) is 2.05. The van der Waals surface area contributed by atoms with E-state index < -0.39 is 0 Å². The first kappa shape index (κ1) is 13.3. The van der Waals surface area contributed by atoms with E-state index in [0.29, 0.717) is 18.1 Å². The summed E-state index contributed by atoms with van der Waals surface area (Å²) in [4.78, 5) is 33.4. The van der Waals surface area contributed by atoms with Gasteiger partial charge in [0.2, 0.25) is 11.8 Å². The molecule has 2 N–H and O–H groups in total. The lowest BCUT2D eigenvalue weighted by atomic mass is 10.2. The number of carbonyl (C=O) groups is 2. The monoisotopic (exact) mass is 263 g/mol. The minimum atomic E-state index is -0.307. The van der Waals surface area contributed by atoms with E-state index in [4.69, 9.17) is 0 Å². The topological polar surface area (TPSA) is 87.2 Å². The SMILES string of the molecule is CCc1nc(NC)c(C)c(N2CC(=O)NC(=O)C2)n1. The zero-order chi connectivity index (χ0) is 14.0. The van der Waals surface area contributed by atoms with Crippen LogP contribution < -0.4 is 15.5 Å². The zero-order valence-corrected chi connectivity index (χ0v) is 11.3. The van der Waals surface area contributed by atoms with Gasteiger partial charge in [-0.3, -0.25) is 14.9 Å². The fraction of sp³-hybridized carbons (Fsp3) is 0.500. The Morgan fingerprint density at radius 3 is 2.42 bits per heavy atom. The van der Waals surface area contributed by atoms with Crippen LogP contribution in [0.3, 0.4) is 0 Å². The summed E-state index contributed by atoms with van der Waals surface area (Å²) in [5, 5.41) is 5.29. The molecule has 19 heavy (non-hydrogen) atoms. The Bertz CT molecular complexity index is 513. The summed E-state index contributed by atoms with van der Waals surface area (Å²) in [6.45, 7) is 4.10. The molecule has 1 aromatic rings. The van der Waals surface area contributed by atoms with E-state index >= 15 is 0 Å². The molecule has 1 aromatic heterocycles. The summed E-state index contributed by atoms with van der Waals surface area (Å²) in [5.41, 5.74) is 0.835. The van der Waals surface area contributed by atoms with Crippen molar-refractivity contribution in [1.82, 2.24) is 15.3 Å². The molecule has 102 valence electrons. The van der Waals surface area contributed by atoms with Crippen molar-refractivity contribution in [2.45, 2.75) is 20.3 Å². The normalized spacial score (nSPS) is 15.4. The maximum absolute atomic E-state index is 11.4. The number of amides is 2. The highest BCUT2D eigenvalue weighted by Gasteiger charge is 2.25. The first-order valence-corrected chi connectivity index (χ1v) is 6.18. The Hall–Kier alpha value is -2.18. The highest BCUT2D eigenvalue weighted by molar-refractivity contribution is 6.02. The molecular formula is C12H17N5O2. The number of nitrogens with zero attached hydrogens (tertiary/aromatic N) is 3. The molecule has 1 fully saturated rings. The molecule has 1 aliphatic rings. The van der Waals surface area contributed by atoms with Crippen LogP contribution in [0, 0.1) is 6.92 Å². The maximum Gasteiger partial charge on any atom is 0.246 e. The molecule has 7 heteroatoms. The highest BCUT2D eigenvalue weighted by atomic mass is 16.2. The molecule has 2 rings (SSSR count). The third kappa shape index (κ3) is 2.64. The summed E-state index contributed by atoms with van der Waals surface area (Å²) < 4.78 is 0. The van der Waals surface area contributed by atoms with Gasteiger partial charge in [-0.15, -0.1) is 0 Å². The molecule has 0 bridgehead atoms. The molecule has 1 saturated heterocycles. The van der Waals surface area contributed by atoms with Gasteiger partial charge in [-0.1, -0.05) is 6.92 Å². The van der Waals surface area contributed by atoms with Crippen LogP contribution >= 0.6 is 0 Å². The number of piperazine rings is 1. The van der Waals surface area contributed by atoms with Gasteiger partial charge >= 0.3 is 0 Å². The van der Waals surface area contributed by atoms with E-state index in [-0.39, 0.29) is 24.9 Å². The second kappa shape index (κ2) is 5.21. The highest BCUT2D eigenvalue weighted by Crippen LogP contribution is 2.24. The third-order valence-corrected chi connectivity index (χ3v) is 2.97. The third-order valence-electron chi connectivity index (χ3n) is 2.97. The van der Waals surface area contributed by atoms with Crippen LogP contribution in [0.1, 0.15) is 18.3 Å². The standard InChI is InChI=1S/C12H17N5O2/c1-4-8-14-11(13-3)7(2)12(15-8)17-5-9(18)16-10(19)6-17/h4-6H2,1-3H3,(H,13,14,15)(H,16,18,19). The van der Waals surface area contributed by atoms with Crippen LogP contribution in [0.5, 0.6) is 0 Å². The number of nitrogens with one attached hydrogen (secondary N) is 2. The van der Waals surface area contributed by atoms with Crippen molar-refractivity contribution in [3.05, 3.63) is 11.4 Å². The molecule has 0 atom stereocenters. The minimum Gasteiger partial charge on any atom is -0.373 e. The molecule has 0 saturated carbocycles. The van der Waals surface area contributed by atoms with Crippen LogP contribution in [0.2, 0.25) is 0 Å².